The third-order valence-electron chi connectivity index (χ3n) is 4.33. The number of hydrogen-bond acceptors (Lipinski definition) is 6. The molecule has 7 nitrogen and oxygen atoms in total. The van der Waals surface area contributed by atoms with E-state index in [1.54, 1.807) is 12.4 Å². The van der Waals surface area contributed by atoms with Crippen molar-refractivity contribution in [2.45, 2.75) is 6.42 Å². The fourth-order valence-corrected chi connectivity index (χ4v) is 3.03. The van der Waals surface area contributed by atoms with Crippen molar-refractivity contribution in [1.82, 2.24) is 25.1 Å². The molecular formula is C18H18N6O. The predicted molar refractivity (Wildman–Crippen MR) is 94.3 cm³/mol. The van der Waals surface area contributed by atoms with Gasteiger partial charge < -0.3 is 9.80 Å². The van der Waals surface area contributed by atoms with Crippen LogP contribution in [0.4, 0.5) is 5.82 Å². The van der Waals surface area contributed by atoms with Gasteiger partial charge in [0.25, 0.3) is 5.91 Å². The minimum absolute atomic E-state index is 0.0701. The minimum Gasteiger partial charge on any atom is -0.353 e. The average molecular weight is 334 g/mol. The maximum Gasteiger partial charge on any atom is 0.274 e. The lowest BCUT2D eigenvalue weighted by atomic mass is 10.2. The molecule has 0 radical (unpaired) electrons. The summed E-state index contributed by atoms with van der Waals surface area (Å²) < 4.78 is 0. The fraction of sp³-hybridized carbons (Fsp3) is 0.278. The number of nitrogens with zero attached hydrogens (tertiary/aromatic N) is 6. The van der Waals surface area contributed by atoms with Gasteiger partial charge in [0.05, 0.1) is 17.2 Å². The summed E-state index contributed by atoms with van der Waals surface area (Å²) in [4.78, 5) is 25.6. The molecule has 0 bridgehead atoms. The molecule has 3 heterocycles. The van der Waals surface area contributed by atoms with Gasteiger partial charge in [-0.3, -0.25) is 9.78 Å². The van der Waals surface area contributed by atoms with Crippen molar-refractivity contribution in [3.05, 3.63) is 54.5 Å². The number of fused-ring (bicyclic) bond motifs is 1. The molecule has 2 aromatic heterocycles. The van der Waals surface area contributed by atoms with Gasteiger partial charge in [0.15, 0.2) is 5.82 Å². The smallest absolute Gasteiger partial charge is 0.274 e. The summed E-state index contributed by atoms with van der Waals surface area (Å²) in [6, 6.07) is 11.4. The first kappa shape index (κ1) is 15.4. The Kier molecular flexibility index (Phi) is 4.20. The van der Waals surface area contributed by atoms with Crippen LogP contribution in [0.5, 0.6) is 0 Å². The SMILES string of the molecule is O=C(c1cnc2ccccc2n1)N1CCCN(c2cccnn2)CC1. The summed E-state index contributed by atoms with van der Waals surface area (Å²) >= 11 is 0. The van der Waals surface area contributed by atoms with E-state index in [1.165, 1.54) is 0 Å². The minimum atomic E-state index is -0.0701. The van der Waals surface area contributed by atoms with Gasteiger partial charge >= 0.3 is 0 Å². The molecule has 1 aromatic carbocycles. The lowest BCUT2D eigenvalue weighted by molar-refractivity contribution is 0.0761. The lowest BCUT2D eigenvalue weighted by Gasteiger charge is -2.22. The molecule has 1 aliphatic heterocycles. The van der Waals surface area contributed by atoms with Gasteiger partial charge in [0.2, 0.25) is 0 Å². The van der Waals surface area contributed by atoms with E-state index in [0.717, 1.165) is 36.4 Å². The first-order chi connectivity index (χ1) is 12.3. The highest BCUT2D eigenvalue weighted by atomic mass is 16.2. The van der Waals surface area contributed by atoms with Gasteiger partial charge in [-0.15, -0.1) is 5.10 Å². The highest BCUT2D eigenvalue weighted by molar-refractivity contribution is 5.93. The number of aromatic nitrogens is 4. The van der Waals surface area contributed by atoms with Crippen LogP contribution in [-0.4, -0.2) is 57.2 Å². The molecule has 3 aromatic rings. The standard InChI is InChI=1S/C18H18N6O/c25-18(16-13-19-14-5-1-2-6-15(14)21-16)24-10-4-9-23(11-12-24)17-7-3-8-20-22-17/h1-3,5-8,13H,4,9-12H2. The molecule has 0 spiro atoms. The number of carbonyl (C=O) groups is 1. The molecule has 1 saturated heterocycles. The largest absolute Gasteiger partial charge is 0.353 e. The quantitative estimate of drug-likeness (QED) is 0.711. The summed E-state index contributed by atoms with van der Waals surface area (Å²) in [5.41, 5.74) is 1.93. The predicted octanol–water partition coefficient (Wildman–Crippen LogP) is 1.77. The number of amides is 1. The van der Waals surface area contributed by atoms with Crippen molar-refractivity contribution in [2.75, 3.05) is 31.1 Å². The van der Waals surface area contributed by atoms with Crippen molar-refractivity contribution in [3.8, 4) is 0 Å². The Morgan fingerprint density at radius 1 is 0.960 bits per heavy atom. The van der Waals surface area contributed by atoms with E-state index in [4.69, 9.17) is 0 Å². The van der Waals surface area contributed by atoms with Crippen LogP contribution in [0.3, 0.4) is 0 Å². The Bertz CT molecular complexity index is 885. The highest BCUT2D eigenvalue weighted by Gasteiger charge is 2.22. The zero-order valence-corrected chi connectivity index (χ0v) is 13.7. The molecule has 7 heteroatoms. The van der Waals surface area contributed by atoms with Crippen LogP contribution < -0.4 is 4.90 Å². The summed E-state index contributed by atoms with van der Waals surface area (Å²) in [7, 11) is 0. The van der Waals surface area contributed by atoms with Gasteiger partial charge in [-0.25, -0.2) is 4.98 Å². The van der Waals surface area contributed by atoms with Crippen LogP contribution in [0.1, 0.15) is 16.9 Å². The summed E-state index contributed by atoms with van der Waals surface area (Å²) in [5, 5.41) is 8.09. The molecule has 0 aliphatic carbocycles. The van der Waals surface area contributed by atoms with E-state index >= 15 is 0 Å². The number of rotatable bonds is 2. The zero-order valence-electron chi connectivity index (χ0n) is 13.7. The highest BCUT2D eigenvalue weighted by Crippen LogP contribution is 2.15. The molecule has 126 valence electrons. The number of hydrogen-bond donors (Lipinski definition) is 0. The van der Waals surface area contributed by atoms with E-state index in [-0.39, 0.29) is 5.91 Å². The Labute approximate surface area is 145 Å². The van der Waals surface area contributed by atoms with Crippen LogP contribution in [0.15, 0.2) is 48.8 Å². The van der Waals surface area contributed by atoms with Crippen LogP contribution in [0.2, 0.25) is 0 Å². The van der Waals surface area contributed by atoms with Crippen LogP contribution in [-0.2, 0) is 0 Å². The van der Waals surface area contributed by atoms with Crippen molar-refractivity contribution in [3.63, 3.8) is 0 Å². The fourth-order valence-electron chi connectivity index (χ4n) is 3.03. The van der Waals surface area contributed by atoms with E-state index < -0.39 is 0 Å². The molecule has 0 atom stereocenters. The van der Waals surface area contributed by atoms with Crippen molar-refractivity contribution >= 4 is 22.8 Å². The summed E-state index contributed by atoms with van der Waals surface area (Å²) in [6.45, 7) is 2.91. The first-order valence-corrected chi connectivity index (χ1v) is 8.35. The van der Waals surface area contributed by atoms with Crippen molar-refractivity contribution < 1.29 is 4.79 Å². The first-order valence-electron chi connectivity index (χ1n) is 8.35. The normalized spacial score (nSPS) is 15.2. The van der Waals surface area contributed by atoms with E-state index in [1.807, 2.05) is 41.3 Å². The number of benzene rings is 1. The Morgan fingerprint density at radius 2 is 1.84 bits per heavy atom. The van der Waals surface area contributed by atoms with Gasteiger partial charge in [0, 0.05) is 32.4 Å². The van der Waals surface area contributed by atoms with Crippen LogP contribution >= 0.6 is 0 Å². The lowest BCUT2D eigenvalue weighted by Crippen LogP contribution is -2.36. The molecule has 25 heavy (non-hydrogen) atoms. The second-order valence-corrected chi connectivity index (χ2v) is 5.96. The Hall–Kier alpha value is -3.09. The van der Waals surface area contributed by atoms with Gasteiger partial charge in [0.1, 0.15) is 5.69 Å². The molecule has 0 N–H and O–H groups in total. The third kappa shape index (κ3) is 3.26. The Morgan fingerprint density at radius 3 is 2.68 bits per heavy atom. The number of carbonyl (C=O) groups excluding carboxylic acids is 1. The topological polar surface area (TPSA) is 75.1 Å². The molecule has 0 saturated carbocycles. The van der Waals surface area contributed by atoms with E-state index in [9.17, 15) is 4.79 Å². The van der Waals surface area contributed by atoms with Crippen molar-refractivity contribution in [1.29, 1.82) is 0 Å². The molecule has 1 amide bonds. The summed E-state index contributed by atoms with van der Waals surface area (Å²) in [6.07, 6.45) is 4.11. The van der Waals surface area contributed by atoms with Crippen LogP contribution in [0.25, 0.3) is 11.0 Å². The van der Waals surface area contributed by atoms with Gasteiger partial charge in [-0.05, 0) is 30.7 Å². The van der Waals surface area contributed by atoms with Gasteiger partial charge in [-0.1, -0.05) is 12.1 Å². The molecular weight excluding hydrogens is 316 g/mol. The maximum absolute atomic E-state index is 12.8. The second-order valence-electron chi connectivity index (χ2n) is 5.96. The second kappa shape index (κ2) is 6.80. The zero-order chi connectivity index (χ0) is 17.1. The molecule has 0 unspecified atom stereocenters. The number of anilines is 1. The van der Waals surface area contributed by atoms with E-state index in [0.29, 0.717) is 18.8 Å². The third-order valence-corrected chi connectivity index (χ3v) is 4.33. The Balaban J connectivity index is 1.50. The van der Waals surface area contributed by atoms with Gasteiger partial charge in [-0.2, -0.15) is 5.10 Å². The molecule has 1 fully saturated rings. The number of para-hydroxylation sites is 2. The van der Waals surface area contributed by atoms with E-state index in [2.05, 4.69) is 25.1 Å². The summed E-state index contributed by atoms with van der Waals surface area (Å²) in [5.74, 6) is 0.779. The average Bonchev–Trinajstić information content (AvgIpc) is 2.94. The molecule has 4 rings (SSSR count). The van der Waals surface area contributed by atoms with Crippen molar-refractivity contribution in [2.24, 2.45) is 0 Å². The van der Waals surface area contributed by atoms with Crippen LogP contribution in [0, 0.1) is 0 Å². The monoisotopic (exact) mass is 334 g/mol. The molecule has 1 aliphatic rings. The maximum atomic E-state index is 12.8.